The minimum Gasteiger partial charge on any atom is -0.317 e. The minimum atomic E-state index is 0.808. The predicted octanol–water partition coefficient (Wildman–Crippen LogP) is 3.59. The van der Waals surface area contributed by atoms with Gasteiger partial charge in [0.05, 0.1) is 0 Å². The molecule has 3 atom stereocenters. The quantitative estimate of drug-likeness (QED) is 0.710. The summed E-state index contributed by atoms with van der Waals surface area (Å²) in [6.45, 7) is 4.63. The average Bonchev–Trinajstić information content (AvgIpc) is 2.19. The second-order valence-electron chi connectivity index (χ2n) is 4.91. The highest BCUT2D eigenvalue weighted by molar-refractivity contribution is 4.83. The zero-order valence-corrected chi connectivity index (χ0v) is 10.2. The van der Waals surface area contributed by atoms with E-state index in [4.69, 9.17) is 0 Å². The molecule has 0 radical (unpaired) electrons. The molecule has 1 aliphatic rings. The second kappa shape index (κ2) is 6.44. The van der Waals surface area contributed by atoms with Crippen molar-refractivity contribution in [2.45, 2.75) is 64.8 Å². The summed E-state index contributed by atoms with van der Waals surface area (Å²) < 4.78 is 0. The molecule has 1 N–H and O–H groups in total. The molecule has 0 aliphatic heterocycles. The fraction of sp³-hybridized carbons (Fsp3) is 1.00. The van der Waals surface area contributed by atoms with E-state index < -0.39 is 0 Å². The third kappa shape index (κ3) is 3.27. The van der Waals surface area contributed by atoms with E-state index in [2.05, 4.69) is 26.2 Å². The molecule has 1 fully saturated rings. The Morgan fingerprint density at radius 1 is 1.07 bits per heavy atom. The van der Waals surface area contributed by atoms with E-state index in [0.717, 1.165) is 17.9 Å². The van der Waals surface area contributed by atoms with Crippen LogP contribution in [0.3, 0.4) is 0 Å². The number of rotatable bonds is 5. The molecule has 0 aromatic carbocycles. The van der Waals surface area contributed by atoms with Crippen molar-refractivity contribution >= 4 is 0 Å². The zero-order valence-electron chi connectivity index (χ0n) is 10.2. The van der Waals surface area contributed by atoms with Gasteiger partial charge in [-0.1, -0.05) is 33.1 Å². The third-order valence-electron chi connectivity index (χ3n) is 3.82. The Balaban J connectivity index is 2.39. The number of hydrogen-bond donors (Lipinski definition) is 1. The van der Waals surface area contributed by atoms with Crippen LogP contribution in [-0.2, 0) is 0 Å². The maximum atomic E-state index is 3.50. The average molecular weight is 197 g/mol. The van der Waals surface area contributed by atoms with Gasteiger partial charge in [-0.15, -0.1) is 0 Å². The third-order valence-corrected chi connectivity index (χ3v) is 3.82. The summed E-state index contributed by atoms with van der Waals surface area (Å²) in [7, 11) is 2.13. The summed E-state index contributed by atoms with van der Waals surface area (Å²) in [5.74, 6) is 1.98. The van der Waals surface area contributed by atoms with Crippen LogP contribution in [0.25, 0.3) is 0 Å². The molecule has 1 aliphatic carbocycles. The van der Waals surface area contributed by atoms with E-state index >= 15 is 0 Å². The van der Waals surface area contributed by atoms with E-state index in [0.29, 0.717) is 0 Å². The van der Waals surface area contributed by atoms with Crippen molar-refractivity contribution in [3.63, 3.8) is 0 Å². The van der Waals surface area contributed by atoms with Gasteiger partial charge >= 0.3 is 0 Å². The van der Waals surface area contributed by atoms with Crippen molar-refractivity contribution in [2.75, 3.05) is 7.05 Å². The van der Waals surface area contributed by atoms with Crippen molar-refractivity contribution in [1.29, 1.82) is 0 Å². The van der Waals surface area contributed by atoms with Gasteiger partial charge in [0.2, 0.25) is 0 Å². The molecule has 0 heterocycles. The first-order chi connectivity index (χ1) is 6.81. The Morgan fingerprint density at radius 2 is 1.79 bits per heavy atom. The summed E-state index contributed by atoms with van der Waals surface area (Å²) in [6, 6.07) is 0.808. The highest BCUT2D eigenvalue weighted by Gasteiger charge is 2.28. The normalized spacial score (nSPS) is 33.2. The monoisotopic (exact) mass is 197 g/mol. The van der Waals surface area contributed by atoms with Crippen LogP contribution in [0.2, 0.25) is 0 Å². The smallest absolute Gasteiger partial charge is 0.00925 e. The van der Waals surface area contributed by atoms with E-state index in [1.165, 1.54) is 44.9 Å². The van der Waals surface area contributed by atoms with Crippen LogP contribution in [0.5, 0.6) is 0 Å². The topological polar surface area (TPSA) is 12.0 Å². The Kier molecular flexibility index (Phi) is 5.54. The van der Waals surface area contributed by atoms with Crippen molar-refractivity contribution in [2.24, 2.45) is 11.8 Å². The molecule has 3 unspecified atom stereocenters. The first kappa shape index (κ1) is 12.0. The van der Waals surface area contributed by atoms with Gasteiger partial charge < -0.3 is 5.32 Å². The maximum absolute atomic E-state index is 3.50. The van der Waals surface area contributed by atoms with Crippen LogP contribution in [0, 0.1) is 11.8 Å². The summed E-state index contributed by atoms with van der Waals surface area (Å²) in [6.07, 6.45) is 9.94. The van der Waals surface area contributed by atoms with Crippen LogP contribution in [0.15, 0.2) is 0 Å². The van der Waals surface area contributed by atoms with Gasteiger partial charge in [-0.3, -0.25) is 0 Å². The molecule has 1 rings (SSSR count). The molecule has 0 amide bonds. The molecule has 1 saturated carbocycles. The summed E-state index contributed by atoms with van der Waals surface area (Å²) >= 11 is 0. The van der Waals surface area contributed by atoms with Gasteiger partial charge in [-0.25, -0.2) is 0 Å². The molecule has 0 aromatic heterocycles. The molecular weight excluding hydrogens is 170 g/mol. The second-order valence-corrected chi connectivity index (χ2v) is 4.91. The molecule has 0 spiro atoms. The van der Waals surface area contributed by atoms with Crippen LogP contribution in [-0.4, -0.2) is 13.1 Å². The van der Waals surface area contributed by atoms with Crippen LogP contribution in [0.1, 0.15) is 58.8 Å². The molecule has 1 nitrogen and oxygen atoms in total. The Morgan fingerprint density at radius 3 is 2.36 bits per heavy atom. The SMILES string of the molecule is CCCC1CCC(NC)C(CCC)C1. The summed E-state index contributed by atoms with van der Waals surface area (Å²) in [5.41, 5.74) is 0. The molecule has 0 aromatic rings. The fourth-order valence-electron chi connectivity index (χ4n) is 3.10. The van der Waals surface area contributed by atoms with E-state index in [1.807, 2.05) is 0 Å². The lowest BCUT2D eigenvalue weighted by Crippen LogP contribution is -2.38. The molecule has 0 saturated heterocycles. The number of nitrogens with one attached hydrogen (secondary N) is 1. The Bertz CT molecular complexity index is 144. The van der Waals surface area contributed by atoms with E-state index in [1.54, 1.807) is 0 Å². The first-order valence-corrected chi connectivity index (χ1v) is 6.49. The van der Waals surface area contributed by atoms with Crippen LogP contribution >= 0.6 is 0 Å². The zero-order chi connectivity index (χ0) is 10.4. The van der Waals surface area contributed by atoms with Crippen molar-refractivity contribution in [3.05, 3.63) is 0 Å². The van der Waals surface area contributed by atoms with E-state index in [-0.39, 0.29) is 0 Å². The standard InChI is InChI=1S/C13H27N/c1-4-6-11-8-9-13(14-3)12(10-11)7-5-2/h11-14H,4-10H2,1-3H3. The van der Waals surface area contributed by atoms with Crippen molar-refractivity contribution < 1.29 is 0 Å². The highest BCUT2D eigenvalue weighted by Crippen LogP contribution is 2.34. The van der Waals surface area contributed by atoms with Gasteiger partial charge in [0, 0.05) is 6.04 Å². The van der Waals surface area contributed by atoms with Gasteiger partial charge in [0.15, 0.2) is 0 Å². The first-order valence-electron chi connectivity index (χ1n) is 6.49. The van der Waals surface area contributed by atoms with Gasteiger partial charge in [-0.2, -0.15) is 0 Å². The van der Waals surface area contributed by atoms with E-state index in [9.17, 15) is 0 Å². The lowest BCUT2D eigenvalue weighted by Gasteiger charge is -2.36. The van der Waals surface area contributed by atoms with Gasteiger partial charge in [-0.05, 0) is 44.6 Å². The maximum Gasteiger partial charge on any atom is 0.00925 e. The van der Waals surface area contributed by atoms with Crippen LogP contribution < -0.4 is 5.32 Å². The van der Waals surface area contributed by atoms with Crippen molar-refractivity contribution in [1.82, 2.24) is 5.32 Å². The Labute approximate surface area is 89.7 Å². The molecule has 84 valence electrons. The largest absolute Gasteiger partial charge is 0.317 e. The molecule has 14 heavy (non-hydrogen) atoms. The summed E-state index contributed by atoms with van der Waals surface area (Å²) in [4.78, 5) is 0. The summed E-state index contributed by atoms with van der Waals surface area (Å²) in [5, 5.41) is 3.50. The minimum absolute atomic E-state index is 0.808. The highest BCUT2D eigenvalue weighted by atomic mass is 14.9. The fourth-order valence-corrected chi connectivity index (χ4v) is 3.10. The van der Waals surface area contributed by atoms with Crippen LogP contribution in [0.4, 0.5) is 0 Å². The van der Waals surface area contributed by atoms with Gasteiger partial charge in [0.1, 0.15) is 0 Å². The van der Waals surface area contributed by atoms with Crippen molar-refractivity contribution in [3.8, 4) is 0 Å². The molecule has 1 heteroatoms. The van der Waals surface area contributed by atoms with Gasteiger partial charge in [0.25, 0.3) is 0 Å². The Hall–Kier alpha value is -0.0400. The lowest BCUT2D eigenvalue weighted by atomic mass is 9.74. The molecular formula is C13H27N. The predicted molar refractivity (Wildman–Crippen MR) is 63.5 cm³/mol. The molecule has 0 bridgehead atoms. The number of hydrogen-bond acceptors (Lipinski definition) is 1. The lowest BCUT2D eigenvalue weighted by molar-refractivity contribution is 0.191.